The SMILES string of the molecule is CCOC(=O)c1ccsc1NC(=O)c1cccc(NS(=O)(=O)c2ccc(OC)cc2)c1. The number of ether oxygens (including phenoxy) is 2. The van der Waals surface area contributed by atoms with Crippen LogP contribution in [0.15, 0.2) is 64.9 Å². The van der Waals surface area contributed by atoms with E-state index in [-0.39, 0.29) is 28.3 Å². The van der Waals surface area contributed by atoms with E-state index in [1.54, 1.807) is 36.6 Å². The fraction of sp³-hybridized carbons (Fsp3) is 0.143. The molecule has 0 saturated heterocycles. The zero-order valence-electron chi connectivity index (χ0n) is 16.7. The molecule has 2 N–H and O–H groups in total. The molecule has 31 heavy (non-hydrogen) atoms. The van der Waals surface area contributed by atoms with Gasteiger partial charge in [0, 0.05) is 11.3 Å². The van der Waals surface area contributed by atoms with Crippen LogP contribution in [0.4, 0.5) is 10.7 Å². The Morgan fingerprint density at radius 3 is 2.48 bits per heavy atom. The highest BCUT2D eigenvalue weighted by atomic mass is 32.2. The quantitative estimate of drug-likeness (QED) is 0.492. The molecule has 0 spiro atoms. The summed E-state index contributed by atoms with van der Waals surface area (Å²) in [5.74, 6) is -0.480. The lowest BCUT2D eigenvalue weighted by Gasteiger charge is -2.10. The minimum Gasteiger partial charge on any atom is -0.497 e. The van der Waals surface area contributed by atoms with Gasteiger partial charge in [0.2, 0.25) is 0 Å². The van der Waals surface area contributed by atoms with Crippen LogP contribution in [0, 0.1) is 0 Å². The van der Waals surface area contributed by atoms with Crippen LogP contribution in [0.1, 0.15) is 27.6 Å². The van der Waals surface area contributed by atoms with Gasteiger partial charge in [-0.3, -0.25) is 9.52 Å². The number of sulfonamides is 1. The normalized spacial score (nSPS) is 10.9. The summed E-state index contributed by atoms with van der Waals surface area (Å²) >= 11 is 1.19. The van der Waals surface area contributed by atoms with E-state index in [4.69, 9.17) is 9.47 Å². The monoisotopic (exact) mass is 460 g/mol. The Hall–Kier alpha value is -3.37. The summed E-state index contributed by atoms with van der Waals surface area (Å²) in [6, 6.07) is 13.5. The lowest BCUT2D eigenvalue weighted by atomic mass is 10.2. The number of amides is 1. The van der Waals surface area contributed by atoms with Crippen molar-refractivity contribution in [2.75, 3.05) is 23.8 Å². The molecular weight excluding hydrogens is 440 g/mol. The largest absolute Gasteiger partial charge is 0.497 e. The van der Waals surface area contributed by atoms with Gasteiger partial charge in [-0.15, -0.1) is 11.3 Å². The minimum atomic E-state index is -3.85. The van der Waals surface area contributed by atoms with Crippen LogP contribution >= 0.6 is 11.3 Å². The molecule has 0 atom stereocenters. The fourth-order valence-electron chi connectivity index (χ4n) is 2.64. The maximum absolute atomic E-state index is 12.7. The third-order valence-electron chi connectivity index (χ3n) is 4.13. The van der Waals surface area contributed by atoms with Crippen LogP contribution in [-0.4, -0.2) is 34.0 Å². The van der Waals surface area contributed by atoms with E-state index in [1.807, 2.05) is 0 Å². The number of carbonyl (C=O) groups excluding carboxylic acids is 2. The topological polar surface area (TPSA) is 111 Å². The highest BCUT2D eigenvalue weighted by molar-refractivity contribution is 7.92. The Bertz CT molecular complexity index is 1190. The first-order valence-corrected chi connectivity index (χ1v) is 11.5. The number of hydrogen-bond donors (Lipinski definition) is 2. The van der Waals surface area contributed by atoms with Gasteiger partial charge in [-0.1, -0.05) is 6.07 Å². The molecule has 8 nitrogen and oxygen atoms in total. The summed E-state index contributed by atoms with van der Waals surface area (Å²) in [5, 5.41) is 4.69. The molecule has 0 aliphatic rings. The second-order valence-corrected chi connectivity index (χ2v) is 8.80. The van der Waals surface area contributed by atoms with E-state index in [9.17, 15) is 18.0 Å². The molecule has 3 rings (SSSR count). The van der Waals surface area contributed by atoms with Crippen LogP contribution in [0.2, 0.25) is 0 Å². The molecule has 0 unspecified atom stereocenters. The lowest BCUT2D eigenvalue weighted by molar-refractivity contribution is 0.0528. The number of hydrogen-bond acceptors (Lipinski definition) is 7. The Morgan fingerprint density at radius 2 is 1.81 bits per heavy atom. The van der Waals surface area contributed by atoms with Crippen molar-refractivity contribution in [1.82, 2.24) is 0 Å². The molecule has 1 amide bonds. The summed E-state index contributed by atoms with van der Waals surface area (Å²) < 4.78 is 37.7. The maximum atomic E-state index is 12.7. The Balaban J connectivity index is 1.76. The number of methoxy groups -OCH3 is 1. The third kappa shape index (κ3) is 5.41. The van der Waals surface area contributed by atoms with Gasteiger partial charge < -0.3 is 14.8 Å². The van der Waals surface area contributed by atoms with Crippen LogP contribution in [0.25, 0.3) is 0 Å². The number of nitrogens with one attached hydrogen (secondary N) is 2. The molecule has 0 fully saturated rings. The van der Waals surface area contributed by atoms with E-state index in [1.165, 1.54) is 48.8 Å². The number of esters is 1. The van der Waals surface area contributed by atoms with Crippen molar-refractivity contribution < 1.29 is 27.5 Å². The molecule has 10 heteroatoms. The van der Waals surface area contributed by atoms with Crippen LogP contribution < -0.4 is 14.8 Å². The first kappa shape index (κ1) is 22.3. The minimum absolute atomic E-state index is 0.0563. The maximum Gasteiger partial charge on any atom is 0.341 e. The molecule has 0 saturated carbocycles. The molecule has 3 aromatic rings. The molecule has 0 bridgehead atoms. The standard InChI is InChI=1S/C21H20N2O6S2/c1-3-29-21(25)18-11-12-30-20(18)22-19(24)14-5-4-6-15(13-14)23-31(26,27)17-9-7-16(28-2)8-10-17/h4-13,23H,3H2,1-2H3,(H,22,24). The molecule has 0 radical (unpaired) electrons. The zero-order valence-corrected chi connectivity index (χ0v) is 18.4. The number of rotatable bonds is 8. The highest BCUT2D eigenvalue weighted by Gasteiger charge is 2.18. The molecule has 162 valence electrons. The Kier molecular flexibility index (Phi) is 6.93. The average Bonchev–Trinajstić information content (AvgIpc) is 3.22. The van der Waals surface area contributed by atoms with Crippen molar-refractivity contribution in [3.8, 4) is 5.75 Å². The average molecular weight is 461 g/mol. The molecule has 1 aromatic heterocycles. The van der Waals surface area contributed by atoms with Crippen LogP contribution in [0.5, 0.6) is 5.75 Å². The summed E-state index contributed by atoms with van der Waals surface area (Å²) in [5.41, 5.74) is 0.704. The van der Waals surface area contributed by atoms with Gasteiger partial charge in [0.25, 0.3) is 15.9 Å². The van der Waals surface area contributed by atoms with Gasteiger partial charge in [-0.05, 0) is 60.8 Å². The number of carbonyl (C=O) groups is 2. The predicted octanol–water partition coefficient (Wildman–Crippen LogP) is 3.99. The van der Waals surface area contributed by atoms with Crippen molar-refractivity contribution in [2.45, 2.75) is 11.8 Å². The molecule has 0 aliphatic heterocycles. The second-order valence-electron chi connectivity index (χ2n) is 6.20. The second kappa shape index (κ2) is 9.63. The smallest absolute Gasteiger partial charge is 0.341 e. The van der Waals surface area contributed by atoms with Crippen molar-refractivity contribution in [1.29, 1.82) is 0 Å². The molecule has 2 aromatic carbocycles. The summed E-state index contributed by atoms with van der Waals surface area (Å²) in [7, 11) is -2.36. The first-order chi connectivity index (χ1) is 14.8. The summed E-state index contributed by atoms with van der Waals surface area (Å²) in [6.07, 6.45) is 0. The van der Waals surface area contributed by atoms with Gasteiger partial charge in [0.1, 0.15) is 10.8 Å². The van der Waals surface area contributed by atoms with Crippen molar-refractivity contribution >= 4 is 43.9 Å². The summed E-state index contributed by atoms with van der Waals surface area (Å²) in [6.45, 7) is 1.92. The van der Waals surface area contributed by atoms with Gasteiger partial charge >= 0.3 is 5.97 Å². The van der Waals surface area contributed by atoms with E-state index < -0.39 is 21.9 Å². The number of anilines is 2. The van der Waals surface area contributed by atoms with E-state index in [0.717, 1.165) is 0 Å². The van der Waals surface area contributed by atoms with Gasteiger partial charge in [0.15, 0.2) is 0 Å². The van der Waals surface area contributed by atoms with Crippen molar-refractivity contribution in [3.63, 3.8) is 0 Å². The highest BCUT2D eigenvalue weighted by Crippen LogP contribution is 2.25. The Morgan fingerprint density at radius 1 is 1.06 bits per heavy atom. The number of benzene rings is 2. The number of thiophene rings is 1. The van der Waals surface area contributed by atoms with E-state index in [0.29, 0.717) is 10.8 Å². The van der Waals surface area contributed by atoms with E-state index >= 15 is 0 Å². The van der Waals surface area contributed by atoms with Crippen molar-refractivity contribution in [3.05, 3.63) is 71.1 Å². The predicted molar refractivity (Wildman–Crippen MR) is 118 cm³/mol. The first-order valence-electron chi connectivity index (χ1n) is 9.17. The van der Waals surface area contributed by atoms with Crippen molar-refractivity contribution in [2.24, 2.45) is 0 Å². The molecule has 0 aliphatic carbocycles. The molecule has 1 heterocycles. The lowest BCUT2D eigenvalue weighted by Crippen LogP contribution is -2.16. The van der Waals surface area contributed by atoms with Gasteiger partial charge in [0.05, 0.1) is 24.2 Å². The zero-order chi connectivity index (χ0) is 22.4. The summed E-state index contributed by atoms with van der Waals surface area (Å²) in [4.78, 5) is 24.7. The van der Waals surface area contributed by atoms with E-state index in [2.05, 4.69) is 10.0 Å². The molecular formula is C21H20N2O6S2. The third-order valence-corrected chi connectivity index (χ3v) is 6.36. The van der Waals surface area contributed by atoms with Crippen LogP contribution in [-0.2, 0) is 14.8 Å². The van der Waals surface area contributed by atoms with Crippen LogP contribution in [0.3, 0.4) is 0 Å². The van der Waals surface area contributed by atoms with Gasteiger partial charge in [-0.25, -0.2) is 13.2 Å². The van der Waals surface area contributed by atoms with Gasteiger partial charge in [-0.2, -0.15) is 0 Å². The fourth-order valence-corrected chi connectivity index (χ4v) is 4.46. The Labute approximate surface area is 183 Å².